The van der Waals surface area contributed by atoms with E-state index in [-0.39, 0.29) is 17.9 Å². The minimum atomic E-state index is -0.486. The zero-order chi connectivity index (χ0) is 13.0. The van der Waals surface area contributed by atoms with Crippen LogP contribution in [-0.2, 0) is 9.59 Å². The van der Waals surface area contributed by atoms with E-state index in [1.165, 1.54) is 6.92 Å². The summed E-state index contributed by atoms with van der Waals surface area (Å²) >= 11 is 1.62. The lowest BCUT2D eigenvalue weighted by Crippen LogP contribution is -2.45. The Labute approximate surface area is 106 Å². The predicted octanol–water partition coefficient (Wildman–Crippen LogP) is 1.79. The molecule has 1 heterocycles. The first-order valence-electron chi connectivity index (χ1n) is 5.50. The third-order valence-electron chi connectivity index (χ3n) is 2.67. The monoisotopic (exact) mass is 254 g/mol. The van der Waals surface area contributed by atoms with Gasteiger partial charge in [0.05, 0.1) is 6.04 Å². The lowest BCUT2D eigenvalue weighted by Gasteiger charge is -2.27. The number of hydrogen-bond acceptors (Lipinski definition) is 3. The molecule has 1 aromatic heterocycles. The smallest absolute Gasteiger partial charge is 0.245 e. The van der Waals surface area contributed by atoms with E-state index < -0.39 is 6.04 Å². The maximum Gasteiger partial charge on any atom is 0.245 e. The van der Waals surface area contributed by atoms with Gasteiger partial charge in [-0.3, -0.25) is 9.59 Å². The van der Waals surface area contributed by atoms with Crippen LogP contribution in [-0.4, -0.2) is 29.8 Å². The lowest BCUT2D eigenvalue weighted by atomic mass is 10.2. The number of hydrogen-bond donors (Lipinski definition) is 1. The van der Waals surface area contributed by atoms with Gasteiger partial charge in [-0.2, -0.15) is 0 Å². The van der Waals surface area contributed by atoms with Crippen LogP contribution in [0.4, 0.5) is 0 Å². The van der Waals surface area contributed by atoms with E-state index in [0.29, 0.717) is 0 Å². The molecule has 0 radical (unpaired) electrons. The normalized spacial score (nSPS) is 13.9. The van der Waals surface area contributed by atoms with Crippen molar-refractivity contribution in [2.45, 2.75) is 32.9 Å². The Morgan fingerprint density at radius 3 is 2.53 bits per heavy atom. The fourth-order valence-electron chi connectivity index (χ4n) is 1.58. The molecule has 0 saturated heterocycles. The van der Waals surface area contributed by atoms with Crippen molar-refractivity contribution in [3.63, 3.8) is 0 Å². The maximum atomic E-state index is 12.0. The average molecular weight is 254 g/mol. The summed E-state index contributed by atoms with van der Waals surface area (Å²) in [4.78, 5) is 25.7. The molecule has 0 aromatic carbocycles. The molecule has 0 bridgehead atoms. The highest BCUT2D eigenvalue weighted by Crippen LogP contribution is 2.23. The number of likely N-dealkylation sites (N-methyl/N-ethyl adjacent to an activating group) is 1. The average Bonchev–Trinajstić information content (AvgIpc) is 2.78. The molecule has 4 nitrogen and oxygen atoms in total. The highest BCUT2D eigenvalue weighted by atomic mass is 32.1. The second kappa shape index (κ2) is 5.82. The van der Waals surface area contributed by atoms with Crippen LogP contribution < -0.4 is 5.32 Å². The van der Waals surface area contributed by atoms with E-state index >= 15 is 0 Å². The second-order valence-electron chi connectivity index (χ2n) is 4.06. The van der Waals surface area contributed by atoms with Crippen molar-refractivity contribution < 1.29 is 9.59 Å². The second-order valence-corrected chi connectivity index (χ2v) is 5.04. The van der Waals surface area contributed by atoms with Gasteiger partial charge in [0, 0.05) is 18.8 Å². The van der Waals surface area contributed by atoms with Gasteiger partial charge < -0.3 is 10.2 Å². The lowest BCUT2D eigenvalue weighted by molar-refractivity contribution is -0.136. The summed E-state index contributed by atoms with van der Waals surface area (Å²) in [5.74, 6) is -0.274. The number of carbonyl (C=O) groups is 2. The first-order chi connectivity index (χ1) is 7.93. The van der Waals surface area contributed by atoms with E-state index in [1.807, 2.05) is 24.4 Å². The van der Waals surface area contributed by atoms with Crippen LogP contribution in [0.3, 0.4) is 0 Å². The third-order valence-corrected chi connectivity index (χ3v) is 3.72. The molecule has 0 aliphatic heterocycles. The van der Waals surface area contributed by atoms with Crippen LogP contribution in [0.5, 0.6) is 0 Å². The Hall–Kier alpha value is -1.36. The summed E-state index contributed by atoms with van der Waals surface area (Å²) in [6.45, 7) is 5.08. The fourth-order valence-corrected chi connectivity index (χ4v) is 2.41. The summed E-state index contributed by atoms with van der Waals surface area (Å²) < 4.78 is 0. The molecule has 17 heavy (non-hydrogen) atoms. The van der Waals surface area contributed by atoms with Crippen LogP contribution >= 0.6 is 11.3 Å². The van der Waals surface area contributed by atoms with E-state index in [0.717, 1.165) is 4.88 Å². The van der Waals surface area contributed by atoms with E-state index in [4.69, 9.17) is 0 Å². The number of carbonyl (C=O) groups excluding carboxylic acids is 2. The van der Waals surface area contributed by atoms with Crippen LogP contribution in [0.2, 0.25) is 0 Å². The molecule has 94 valence electrons. The maximum absolute atomic E-state index is 12.0. The Balaban J connectivity index is 2.66. The molecule has 0 aliphatic carbocycles. The molecule has 0 saturated carbocycles. The minimum absolute atomic E-state index is 0.0266. The van der Waals surface area contributed by atoms with Crippen LogP contribution in [0.25, 0.3) is 0 Å². The van der Waals surface area contributed by atoms with Crippen molar-refractivity contribution >= 4 is 23.2 Å². The fraction of sp³-hybridized carbons (Fsp3) is 0.500. The van der Waals surface area contributed by atoms with Gasteiger partial charge >= 0.3 is 0 Å². The highest BCUT2D eigenvalue weighted by molar-refractivity contribution is 7.10. The highest BCUT2D eigenvalue weighted by Gasteiger charge is 2.23. The van der Waals surface area contributed by atoms with Crippen LogP contribution in [0.15, 0.2) is 17.5 Å². The molecule has 5 heteroatoms. The van der Waals surface area contributed by atoms with Gasteiger partial charge in [0.25, 0.3) is 0 Å². The van der Waals surface area contributed by atoms with Gasteiger partial charge in [0.1, 0.15) is 6.04 Å². The molecule has 1 aromatic rings. The van der Waals surface area contributed by atoms with E-state index in [2.05, 4.69) is 5.32 Å². The number of amides is 2. The topological polar surface area (TPSA) is 49.4 Å². The third kappa shape index (κ3) is 3.56. The molecular formula is C12H18N2O2S. The van der Waals surface area contributed by atoms with Crippen molar-refractivity contribution in [3.05, 3.63) is 22.4 Å². The Kier molecular flexibility index (Phi) is 4.69. The van der Waals surface area contributed by atoms with Crippen LogP contribution in [0, 0.1) is 0 Å². The van der Waals surface area contributed by atoms with Gasteiger partial charge in [-0.05, 0) is 25.3 Å². The molecule has 0 spiro atoms. The van der Waals surface area contributed by atoms with Gasteiger partial charge in [-0.1, -0.05) is 6.07 Å². The summed E-state index contributed by atoms with van der Waals surface area (Å²) in [5.41, 5.74) is 0. The van der Waals surface area contributed by atoms with Crippen molar-refractivity contribution in [3.8, 4) is 0 Å². The summed E-state index contributed by atoms with van der Waals surface area (Å²) in [7, 11) is 1.75. The summed E-state index contributed by atoms with van der Waals surface area (Å²) in [6.07, 6.45) is 0. The molecule has 0 aliphatic rings. The molecule has 2 amide bonds. The molecular weight excluding hydrogens is 236 g/mol. The molecule has 2 atom stereocenters. The molecule has 2 unspecified atom stereocenters. The van der Waals surface area contributed by atoms with Gasteiger partial charge in [-0.25, -0.2) is 0 Å². The predicted molar refractivity (Wildman–Crippen MR) is 68.8 cm³/mol. The van der Waals surface area contributed by atoms with Gasteiger partial charge in [0.15, 0.2) is 0 Å². The van der Waals surface area contributed by atoms with Gasteiger partial charge in [0.2, 0.25) is 11.8 Å². The minimum Gasteiger partial charge on any atom is -0.345 e. The quantitative estimate of drug-likeness (QED) is 0.890. The number of nitrogens with one attached hydrogen (secondary N) is 1. The number of thiophene rings is 1. The Morgan fingerprint density at radius 1 is 1.41 bits per heavy atom. The SMILES string of the molecule is CC(=O)NC(C)C(=O)N(C)C(C)c1cccs1. The first-order valence-corrected chi connectivity index (χ1v) is 6.38. The van der Waals surface area contributed by atoms with E-state index in [9.17, 15) is 9.59 Å². The standard InChI is InChI=1S/C12H18N2O2S/c1-8(13-10(3)15)12(16)14(4)9(2)11-6-5-7-17-11/h5-9H,1-4H3,(H,13,15). The number of nitrogens with zero attached hydrogens (tertiary/aromatic N) is 1. The van der Waals surface area contributed by atoms with Crippen molar-refractivity contribution in [2.24, 2.45) is 0 Å². The van der Waals surface area contributed by atoms with Crippen LogP contribution in [0.1, 0.15) is 31.7 Å². The Bertz CT molecular complexity index is 389. The zero-order valence-corrected chi connectivity index (χ0v) is 11.4. The van der Waals surface area contributed by atoms with Gasteiger partial charge in [-0.15, -0.1) is 11.3 Å². The summed E-state index contributed by atoms with van der Waals surface area (Å²) in [6, 6.07) is 3.51. The first kappa shape index (κ1) is 13.7. The van der Waals surface area contributed by atoms with E-state index in [1.54, 1.807) is 30.2 Å². The zero-order valence-electron chi connectivity index (χ0n) is 10.6. The Morgan fingerprint density at radius 2 is 2.06 bits per heavy atom. The largest absolute Gasteiger partial charge is 0.345 e. The van der Waals surface area contributed by atoms with Crippen molar-refractivity contribution in [1.29, 1.82) is 0 Å². The summed E-state index contributed by atoms with van der Waals surface area (Å²) in [5, 5.41) is 4.58. The number of rotatable bonds is 4. The molecule has 1 N–H and O–H groups in total. The van der Waals surface area contributed by atoms with Crippen molar-refractivity contribution in [1.82, 2.24) is 10.2 Å². The van der Waals surface area contributed by atoms with Crippen molar-refractivity contribution in [2.75, 3.05) is 7.05 Å². The molecule has 0 fully saturated rings. The molecule has 1 rings (SSSR count).